The molecule has 1 heterocycles. The van der Waals surface area contributed by atoms with Gasteiger partial charge in [0.15, 0.2) is 0 Å². The van der Waals surface area contributed by atoms with E-state index < -0.39 is 0 Å². The quantitative estimate of drug-likeness (QED) is 0.636. The van der Waals surface area contributed by atoms with E-state index in [-0.39, 0.29) is 17.8 Å². The molecular formula is C16H21NO3S. The molecule has 0 aliphatic carbocycles. The van der Waals surface area contributed by atoms with Gasteiger partial charge in [-0.1, -0.05) is 6.07 Å². The van der Waals surface area contributed by atoms with Crippen molar-refractivity contribution in [1.82, 2.24) is 4.90 Å². The maximum atomic E-state index is 12.7. The summed E-state index contributed by atoms with van der Waals surface area (Å²) in [6.45, 7) is 3.10. The number of piperidine rings is 1. The first-order valence-corrected chi connectivity index (χ1v) is 8.31. The Hall–Kier alpha value is -1.49. The zero-order chi connectivity index (χ0) is 15.4. The van der Waals surface area contributed by atoms with Gasteiger partial charge in [-0.3, -0.25) is 9.59 Å². The van der Waals surface area contributed by atoms with E-state index in [9.17, 15) is 9.59 Å². The van der Waals surface area contributed by atoms with Crippen molar-refractivity contribution in [2.75, 3.05) is 26.5 Å². The van der Waals surface area contributed by atoms with Crippen LogP contribution in [0.15, 0.2) is 23.1 Å². The summed E-state index contributed by atoms with van der Waals surface area (Å²) in [5.74, 6) is -0.407. The van der Waals surface area contributed by atoms with Gasteiger partial charge in [-0.05, 0) is 43.7 Å². The van der Waals surface area contributed by atoms with Gasteiger partial charge < -0.3 is 9.64 Å². The minimum absolute atomic E-state index is 0.0111. The smallest absolute Gasteiger partial charge is 0.310 e. The molecule has 1 aromatic rings. The zero-order valence-corrected chi connectivity index (χ0v) is 13.5. The van der Waals surface area contributed by atoms with Crippen LogP contribution in [-0.4, -0.2) is 43.2 Å². The molecular weight excluding hydrogens is 286 g/mol. The lowest BCUT2D eigenvalue weighted by Crippen LogP contribution is -2.42. The van der Waals surface area contributed by atoms with Crippen LogP contribution in [0.1, 0.15) is 28.8 Å². The topological polar surface area (TPSA) is 46.6 Å². The number of methoxy groups -OCH3 is 1. The van der Waals surface area contributed by atoms with E-state index in [2.05, 4.69) is 0 Å². The number of carbonyl (C=O) groups excluding carboxylic acids is 2. The third-order valence-corrected chi connectivity index (χ3v) is 4.64. The number of hydrogen-bond acceptors (Lipinski definition) is 4. The lowest BCUT2D eigenvalue weighted by molar-refractivity contribution is -0.146. The molecule has 21 heavy (non-hydrogen) atoms. The minimum atomic E-state index is -0.220. The van der Waals surface area contributed by atoms with Crippen molar-refractivity contribution in [1.29, 1.82) is 0 Å². The molecule has 0 spiro atoms. The lowest BCUT2D eigenvalue weighted by atomic mass is 9.97. The molecule has 1 aliphatic heterocycles. The fourth-order valence-corrected chi connectivity index (χ4v) is 3.09. The van der Waals surface area contributed by atoms with Gasteiger partial charge in [0.05, 0.1) is 13.0 Å². The van der Waals surface area contributed by atoms with Gasteiger partial charge in [0, 0.05) is 23.5 Å². The molecule has 0 N–H and O–H groups in total. The zero-order valence-electron chi connectivity index (χ0n) is 12.7. The number of nitrogens with zero attached hydrogens (tertiary/aromatic N) is 1. The molecule has 114 valence electrons. The normalized spacial score (nSPS) is 18.4. The van der Waals surface area contributed by atoms with E-state index in [1.165, 1.54) is 7.11 Å². The Morgan fingerprint density at radius 2 is 2.14 bits per heavy atom. The van der Waals surface area contributed by atoms with Crippen LogP contribution in [0.5, 0.6) is 0 Å². The molecule has 0 saturated carbocycles. The van der Waals surface area contributed by atoms with Crippen molar-refractivity contribution in [3.05, 3.63) is 29.3 Å². The van der Waals surface area contributed by atoms with Crippen LogP contribution in [0.4, 0.5) is 0 Å². The highest BCUT2D eigenvalue weighted by Gasteiger charge is 2.30. The molecule has 0 radical (unpaired) electrons. The summed E-state index contributed by atoms with van der Waals surface area (Å²) >= 11 is 1.62. The summed E-state index contributed by atoms with van der Waals surface area (Å²) in [4.78, 5) is 27.2. The van der Waals surface area contributed by atoms with E-state index in [0.29, 0.717) is 13.1 Å². The molecule has 2 rings (SSSR count). The van der Waals surface area contributed by atoms with Crippen molar-refractivity contribution in [3.8, 4) is 0 Å². The summed E-state index contributed by atoms with van der Waals surface area (Å²) in [7, 11) is 1.40. The number of esters is 1. The number of thioether (sulfide) groups is 1. The van der Waals surface area contributed by atoms with E-state index >= 15 is 0 Å². The monoisotopic (exact) mass is 307 g/mol. The van der Waals surface area contributed by atoms with Crippen LogP contribution in [0, 0.1) is 12.8 Å². The van der Waals surface area contributed by atoms with Crippen LogP contribution in [-0.2, 0) is 9.53 Å². The highest BCUT2D eigenvalue weighted by molar-refractivity contribution is 7.98. The summed E-state index contributed by atoms with van der Waals surface area (Å²) in [5, 5.41) is 0. The van der Waals surface area contributed by atoms with Gasteiger partial charge in [-0.25, -0.2) is 0 Å². The molecule has 1 unspecified atom stereocenters. The first-order chi connectivity index (χ1) is 10.1. The molecule has 1 amide bonds. The highest BCUT2D eigenvalue weighted by atomic mass is 32.2. The Kier molecular flexibility index (Phi) is 5.28. The van der Waals surface area contributed by atoms with Crippen LogP contribution >= 0.6 is 11.8 Å². The number of hydrogen-bond donors (Lipinski definition) is 0. The van der Waals surface area contributed by atoms with Crippen LogP contribution < -0.4 is 0 Å². The molecule has 0 bridgehead atoms. The van der Waals surface area contributed by atoms with Gasteiger partial charge in [-0.2, -0.15) is 0 Å². The fourth-order valence-electron chi connectivity index (χ4n) is 2.65. The number of carbonyl (C=O) groups is 2. The van der Waals surface area contributed by atoms with Gasteiger partial charge in [0.1, 0.15) is 0 Å². The first kappa shape index (κ1) is 15.9. The van der Waals surface area contributed by atoms with E-state index in [1.807, 2.05) is 31.4 Å². The standard InChI is InChI=1S/C16H21NO3S/c1-11-6-7-13(21-3)9-14(11)15(18)17-8-4-5-12(10-17)16(19)20-2/h6-7,9,12H,4-5,8,10H2,1-3H3. The third kappa shape index (κ3) is 3.59. The molecule has 5 heteroatoms. The molecule has 1 fully saturated rings. The molecule has 1 aliphatic rings. The van der Waals surface area contributed by atoms with E-state index in [0.717, 1.165) is 28.9 Å². The SMILES string of the molecule is COC(=O)C1CCCN(C(=O)c2cc(SC)ccc2C)C1. The van der Waals surface area contributed by atoms with Gasteiger partial charge in [0.25, 0.3) is 5.91 Å². The second-order valence-corrected chi connectivity index (χ2v) is 6.17. The number of aryl methyl sites for hydroxylation is 1. The Bertz CT molecular complexity index is 544. The van der Waals surface area contributed by atoms with E-state index in [1.54, 1.807) is 16.7 Å². The fraction of sp³-hybridized carbons (Fsp3) is 0.500. The van der Waals surface area contributed by atoms with Gasteiger partial charge in [-0.15, -0.1) is 11.8 Å². The second-order valence-electron chi connectivity index (χ2n) is 5.29. The third-order valence-electron chi connectivity index (χ3n) is 3.92. The average molecular weight is 307 g/mol. The van der Waals surface area contributed by atoms with Crippen LogP contribution in [0.2, 0.25) is 0 Å². The number of likely N-dealkylation sites (tertiary alicyclic amines) is 1. The minimum Gasteiger partial charge on any atom is -0.469 e. The number of amides is 1. The first-order valence-electron chi connectivity index (χ1n) is 7.08. The summed E-state index contributed by atoms with van der Waals surface area (Å²) in [5.41, 5.74) is 1.70. The summed E-state index contributed by atoms with van der Waals surface area (Å²) < 4.78 is 4.80. The Labute approximate surface area is 129 Å². The van der Waals surface area contributed by atoms with E-state index in [4.69, 9.17) is 4.74 Å². The lowest BCUT2D eigenvalue weighted by Gasteiger charge is -2.31. The molecule has 1 saturated heterocycles. The molecule has 4 nitrogen and oxygen atoms in total. The van der Waals surface area contributed by atoms with Crippen LogP contribution in [0.3, 0.4) is 0 Å². The van der Waals surface area contributed by atoms with Gasteiger partial charge >= 0.3 is 5.97 Å². The van der Waals surface area contributed by atoms with Crippen LogP contribution in [0.25, 0.3) is 0 Å². The predicted molar refractivity (Wildman–Crippen MR) is 83.6 cm³/mol. The number of benzene rings is 1. The number of rotatable bonds is 3. The van der Waals surface area contributed by atoms with Crippen molar-refractivity contribution in [2.45, 2.75) is 24.7 Å². The summed E-state index contributed by atoms with van der Waals surface area (Å²) in [6.07, 6.45) is 3.63. The molecule has 1 atom stereocenters. The molecule has 1 aromatic carbocycles. The van der Waals surface area contributed by atoms with Crippen molar-refractivity contribution >= 4 is 23.6 Å². The van der Waals surface area contributed by atoms with Crippen molar-refractivity contribution in [2.24, 2.45) is 5.92 Å². The Morgan fingerprint density at radius 3 is 2.81 bits per heavy atom. The number of ether oxygens (including phenoxy) is 1. The average Bonchev–Trinajstić information content (AvgIpc) is 2.54. The van der Waals surface area contributed by atoms with Gasteiger partial charge in [0.2, 0.25) is 0 Å². The maximum absolute atomic E-state index is 12.7. The maximum Gasteiger partial charge on any atom is 0.310 e. The van der Waals surface area contributed by atoms with Crippen molar-refractivity contribution < 1.29 is 14.3 Å². The highest BCUT2D eigenvalue weighted by Crippen LogP contribution is 2.23. The Balaban J connectivity index is 2.17. The Morgan fingerprint density at radius 1 is 1.38 bits per heavy atom. The summed E-state index contributed by atoms with van der Waals surface area (Å²) in [6, 6.07) is 5.93. The van der Waals surface area contributed by atoms with Crippen molar-refractivity contribution in [3.63, 3.8) is 0 Å². The largest absolute Gasteiger partial charge is 0.469 e. The predicted octanol–water partition coefficient (Wildman–Crippen LogP) is 2.74. The second kappa shape index (κ2) is 6.98. The molecule has 0 aromatic heterocycles.